The second-order valence-corrected chi connectivity index (χ2v) is 6.98. The quantitative estimate of drug-likeness (QED) is 0.723. The lowest BCUT2D eigenvalue weighted by atomic mass is 10.00. The molecular weight excluding hydrogens is 262 g/mol. The summed E-state index contributed by atoms with van der Waals surface area (Å²) in [6.07, 6.45) is 1.09. The van der Waals surface area contributed by atoms with Gasteiger partial charge in [0, 0.05) is 23.6 Å². The third-order valence-corrected chi connectivity index (χ3v) is 5.66. The van der Waals surface area contributed by atoms with Crippen LogP contribution in [0.5, 0.6) is 0 Å². The number of thioether (sulfide) groups is 1. The van der Waals surface area contributed by atoms with E-state index in [1.807, 2.05) is 0 Å². The van der Waals surface area contributed by atoms with Crippen molar-refractivity contribution in [3.05, 3.63) is 59.2 Å². The molecule has 0 aromatic heterocycles. The molecule has 4 rings (SSSR count). The van der Waals surface area contributed by atoms with E-state index < -0.39 is 0 Å². The molecule has 2 heteroatoms. The molecule has 0 spiro atoms. The number of fused-ring (bicyclic) bond motifs is 3. The zero-order valence-corrected chi connectivity index (χ0v) is 12.5. The Morgan fingerprint density at radius 2 is 1.85 bits per heavy atom. The summed E-state index contributed by atoms with van der Waals surface area (Å²) < 4.78 is 0. The van der Waals surface area contributed by atoms with Gasteiger partial charge in [-0.2, -0.15) is 11.8 Å². The van der Waals surface area contributed by atoms with E-state index in [1.54, 1.807) is 0 Å². The van der Waals surface area contributed by atoms with Gasteiger partial charge in [-0.05, 0) is 41.2 Å². The fraction of sp³-hybridized carbons (Fsp3) is 0.333. The van der Waals surface area contributed by atoms with Crippen LogP contribution in [-0.2, 0) is 6.42 Å². The Labute approximate surface area is 124 Å². The zero-order valence-electron chi connectivity index (χ0n) is 11.7. The van der Waals surface area contributed by atoms with Gasteiger partial charge in [-0.25, -0.2) is 0 Å². The summed E-state index contributed by atoms with van der Waals surface area (Å²) in [5, 5.41) is 3.72. The molecule has 0 saturated carbocycles. The molecule has 1 saturated heterocycles. The van der Waals surface area contributed by atoms with Crippen molar-refractivity contribution in [2.45, 2.75) is 25.4 Å². The van der Waals surface area contributed by atoms with Gasteiger partial charge >= 0.3 is 0 Å². The maximum atomic E-state index is 3.72. The van der Waals surface area contributed by atoms with E-state index in [0.717, 1.165) is 6.42 Å². The Morgan fingerprint density at radius 3 is 2.75 bits per heavy atom. The van der Waals surface area contributed by atoms with Gasteiger partial charge in [-0.3, -0.25) is 0 Å². The minimum absolute atomic E-state index is 0.512. The second kappa shape index (κ2) is 4.94. The normalized spacial score (nSPS) is 24.2. The van der Waals surface area contributed by atoms with E-state index in [9.17, 15) is 0 Å². The molecule has 102 valence electrons. The molecule has 1 aliphatic carbocycles. The smallest absolute Gasteiger partial charge is 0.0414 e. The van der Waals surface area contributed by atoms with Gasteiger partial charge in [-0.15, -0.1) is 0 Å². The summed E-state index contributed by atoms with van der Waals surface area (Å²) in [6.45, 7) is 2.28. The lowest BCUT2D eigenvalue weighted by molar-refractivity contribution is 0.502. The van der Waals surface area contributed by atoms with Gasteiger partial charge in [0.15, 0.2) is 0 Å². The van der Waals surface area contributed by atoms with E-state index in [0.29, 0.717) is 12.1 Å². The molecule has 0 radical (unpaired) electrons. The van der Waals surface area contributed by atoms with Gasteiger partial charge in [0.2, 0.25) is 0 Å². The predicted molar refractivity (Wildman–Crippen MR) is 87.3 cm³/mol. The number of nitrogens with one attached hydrogen (secondary N) is 1. The van der Waals surface area contributed by atoms with Crippen LogP contribution in [0.3, 0.4) is 0 Å². The van der Waals surface area contributed by atoms with Crippen molar-refractivity contribution in [2.75, 3.05) is 11.5 Å². The Kier molecular flexibility index (Phi) is 3.08. The van der Waals surface area contributed by atoms with Crippen molar-refractivity contribution in [1.82, 2.24) is 5.32 Å². The van der Waals surface area contributed by atoms with Crippen LogP contribution in [0, 0.1) is 0 Å². The largest absolute Gasteiger partial charge is 0.306 e. The number of hydrogen-bond donors (Lipinski definition) is 1. The maximum absolute atomic E-state index is 3.72. The average molecular weight is 281 g/mol. The van der Waals surface area contributed by atoms with Gasteiger partial charge < -0.3 is 5.32 Å². The molecular formula is C18H19NS. The minimum atomic E-state index is 0.512. The summed E-state index contributed by atoms with van der Waals surface area (Å²) >= 11 is 2.06. The Bertz CT molecular complexity index is 650. The van der Waals surface area contributed by atoms with Crippen LogP contribution >= 0.6 is 11.8 Å². The second-order valence-electron chi connectivity index (χ2n) is 5.91. The predicted octanol–water partition coefficient (Wildman–Crippen LogP) is 4.02. The molecule has 0 bridgehead atoms. The topological polar surface area (TPSA) is 12.0 Å². The van der Waals surface area contributed by atoms with Crippen molar-refractivity contribution in [3.63, 3.8) is 0 Å². The Hall–Kier alpha value is -1.25. The standard InChI is InChI=1S/C18H19NS/c1-12-10-20-11-18(19-12)14-6-7-17-15(9-14)8-13-4-2-3-5-16(13)17/h2-7,9,12,18-19H,8,10-11H2,1H3. The third-order valence-electron chi connectivity index (χ3n) is 4.36. The highest BCUT2D eigenvalue weighted by Gasteiger charge is 2.23. The van der Waals surface area contributed by atoms with E-state index in [-0.39, 0.29) is 0 Å². The first kappa shape index (κ1) is 12.5. The summed E-state index contributed by atoms with van der Waals surface area (Å²) in [5.41, 5.74) is 7.28. The third kappa shape index (κ3) is 2.07. The van der Waals surface area contributed by atoms with E-state index >= 15 is 0 Å². The summed E-state index contributed by atoms with van der Waals surface area (Å²) in [7, 11) is 0. The van der Waals surface area contributed by atoms with E-state index in [4.69, 9.17) is 0 Å². The lowest BCUT2D eigenvalue weighted by Crippen LogP contribution is -2.37. The Morgan fingerprint density at radius 1 is 1.00 bits per heavy atom. The monoisotopic (exact) mass is 281 g/mol. The van der Waals surface area contributed by atoms with Crippen LogP contribution in [0.25, 0.3) is 11.1 Å². The molecule has 1 aliphatic heterocycles. The molecule has 1 fully saturated rings. The summed E-state index contributed by atoms with van der Waals surface area (Å²) in [4.78, 5) is 0. The molecule has 1 N–H and O–H groups in total. The van der Waals surface area contributed by atoms with E-state index in [1.165, 1.54) is 39.3 Å². The highest BCUT2D eigenvalue weighted by Crippen LogP contribution is 2.38. The van der Waals surface area contributed by atoms with Gasteiger partial charge in [0.25, 0.3) is 0 Å². The fourth-order valence-electron chi connectivity index (χ4n) is 3.38. The first-order chi connectivity index (χ1) is 9.81. The molecule has 2 atom stereocenters. The van der Waals surface area contributed by atoms with Crippen molar-refractivity contribution < 1.29 is 0 Å². The van der Waals surface area contributed by atoms with Crippen molar-refractivity contribution >= 4 is 11.8 Å². The van der Waals surface area contributed by atoms with Crippen LogP contribution in [0.1, 0.15) is 29.7 Å². The average Bonchev–Trinajstić information content (AvgIpc) is 2.85. The molecule has 2 aromatic rings. The van der Waals surface area contributed by atoms with Crippen LogP contribution in [0.4, 0.5) is 0 Å². The number of benzene rings is 2. The van der Waals surface area contributed by atoms with Crippen LogP contribution in [0.2, 0.25) is 0 Å². The zero-order chi connectivity index (χ0) is 13.5. The molecule has 2 unspecified atom stereocenters. The highest BCUT2D eigenvalue weighted by molar-refractivity contribution is 7.99. The van der Waals surface area contributed by atoms with Gasteiger partial charge in [-0.1, -0.05) is 42.5 Å². The first-order valence-electron chi connectivity index (χ1n) is 7.36. The first-order valence-corrected chi connectivity index (χ1v) is 8.51. The molecule has 1 heterocycles. The molecule has 1 nitrogen and oxygen atoms in total. The minimum Gasteiger partial charge on any atom is -0.306 e. The number of hydrogen-bond acceptors (Lipinski definition) is 2. The summed E-state index contributed by atoms with van der Waals surface area (Å²) in [5.74, 6) is 2.42. The van der Waals surface area contributed by atoms with Gasteiger partial charge in [0.05, 0.1) is 0 Å². The van der Waals surface area contributed by atoms with Crippen LogP contribution < -0.4 is 5.32 Å². The maximum Gasteiger partial charge on any atom is 0.0414 e. The van der Waals surface area contributed by atoms with Gasteiger partial charge in [0.1, 0.15) is 0 Å². The summed E-state index contributed by atoms with van der Waals surface area (Å²) in [6, 6.07) is 17.0. The van der Waals surface area contributed by atoms with Crippen molar-refractivity contribution in [2.24, 2.45) is 0 Å². The fourth-order valence-corrected chi connectivity index (χ4v) is 4.49. The SMILES string of the molecule is CC1CSCC(c2ccc3c(c2)Cc2ccccc2-3)N1. The van der Waals surface area contributed by atoms with Crippen molar-refractivity contribution in [1.29, 1.82) is 0 Å². The number of rotatable bonds is 1. The molecule has 20 heavy (non-hydrogen) atoms. The lowest BCUT2D eigenvalue weighted by Gasteiger charge is -2.29. The Balaban J connectivity index is 1.68. The molecule has 2 aromatic carbocycles. The van der Waals surface area contributed by atoms with E-state index in [2.05, 4.69) is 66.5 Å². The molecule has 2 aliphatic rings. The molecule has 0 amide bonds. The highest BCUT2D eigenvalue weighted by atomic mass is 32.2. The van der Waals surface area contributed by atoms with Crippen LogP contribution in [0.15, 0.2) is 42.5 Å². The van der Waals surface area contributed by atoms with Crippen LogP contribution in [-0.4, -0.2) is 17.5 Å². The van der Waals surface area contributed by atoms with Crippen molar-refractivity contribution in [3.8, 4) is 11.1 Å².